The highest BCUT2D eigenvalue weighted by Gasteiger charge is 2.09. The molecule has 0 saturated carbocycles. The number of hydrogen-bond donors (Lipinski definition) is 4. The summed E-state index contributed by atoms with van der Waals surface area (Å²) in [5, 5.41) is 14.3. The van der Waals surface area contributed by atoms with Crippen molar-refractivity contribution in [2.75, 3.05) is 26.2 Å². The van der Waals surface area contributed by atoms with Gasteiger partial charge in [-0.2, -0.15) is 0 Å². The molecule has 1 rings (SSSR count). The first-order valence-corrected chi connectivity index (χ1v) is 7.51. The third-order valence-corrected chi connectivity index (χ3v) is 3.69. The summed E-state index contributed by atoms with van der Waals surface area (Å²) in [4.78, 5) is 0. The smallest absolute Gasteiger partial charge is 0.0164 e. The van der Waals surface area contributed by atoms with Crippen LogP contribution >= 0.6 is 0 Å². The molecule has 1 saturated heterocycles. The summed E-state index contributed by atoms with van der Waals surface area (Å²) >= 11 is 0. The first-order chi connectivity index (χ1) is 8.58. The quantitative estimate of drug-likeness (QED) is 0.515. The fraction of sp³-hybridized carbons (Fsp3) is 1.00. The van der Waals surface area contributed by atoms with Crippen LogP contribution in [0, 0.1) is 0 Å². The van der Waals surface area contributed by atoms with Gasteiger partial charge in [0.05, 0.1) is 0 Å². The van der Waals surface area contributed by atoms with Gasteiger partial charge in [0, 0.05) is 37.3 Å². The minimum atomic E-state index is 0.550. The lowest BCUT2D eigenvalue weighted by atomic mass is 10.1. The molecule has 4 nitrogen and oxygen atoms in total. The van der Waals surface area contributed by atoms with E-state index in [2.05, 4.69) is 49.0 Å². The zero-order valence-corrected chi connectivity index (χ0v) is 12.6. The molecule has 1 aliphatic rings. The van der Waals surface area contributed by atoms with Crippen LogP contribution in [0.2, 0.25) is 0 Å². The van der Waals surface area contributed by atoms with Crippen LogP contribution in [0.5, 0.6) is 0 Å². The van der Waals surface area contributed by atoms with Gasteiger partial charge in [-0.05, 0) is 53.6 Å². The Bertz CT molecular complexity index is 168. The lowest BCUT2D eigenvalue weighted by molar-refractivity contribution is 0.389. The molecule has 0 aromatic carbocycles. The maximum atomic E-state index is 3.59. The van der Waals surface area contributed by atoms with Gasteiger partial charge in [-0.25, -0.2) is 0 Å². The van der Waals surface area contributed by atoms with Gasteiger partial charge in [-0.3, -0.25) is 0 Å². The number of nitrogens with one attached hydrogen (secondary N) is 4. The maximum Gasteiger partial charge on any atom is 0.0164 e. The van der Waals surface area contributed by atoms with Gasteiger partial charge >= 0.3 is 0 Å². The van der Waals surface area contributed by atoms with E-state index >= 15 is 0 Å². The second-order valence-electron chi connectivity index (χ2n) is 5.91. The SMILES string of the molecule is C[C@@H]1CCN[C@H](C)CN[C@@H](C)CCN[C@@H](C)CN1. The molecule has 0 bridgehead atoms. The van der Waals surface area contributed by atoms with Crippen molar-refractivity contribution in [2.45, 2.75) is 64.7 Å². The average Bonchev–Trinajstić information content (AvgIpc) is 2.33. The second kappa shape index (κ2) is 8.86. The van der Waals surface area contributed by atoms with E-state index in [0.29, 0.717) is 24.2 Å². The zero-order chi connectivity index (χ0) is 13.4. The summed E-state index contributed by atoms with van der Waals surface area (Å²) in [6, 6.07) is 2.27. The summed E-state index contributed by atoms with van der Waals surface area (Å²) < 4.78 is 0. The molecule has 4 atom stereocenters. The predicted molar refractivity (Wildman–Crippen MR) is 79.1 cm³/mol. The van der Waals surface area contributed by atoms with E-state index in [1.165, 1.54) is 12.8 Å². The fourth-order valence-electron chi connectivity index (χ4n) is 2.20. The lowest BCUT2D eigenvalue weighted by Crippen LogP contribution is -2.45. The molecular weight excluding hydrogens is 224 g/mol. The van der Waals surface area contributed by atoms with Crippen molar-refractivity contribution in [3.63, 3.8) is 0 Å². The fourth-order valence-corrected chi connectivity index (χ4v) is 2.20. The van der Waals surface area contributed by atoms with Crippen LogP contribution in [-0.4, -0.2) is 50.3 Å². The van der Waals surface area contributed by atoms with Crippen LogP contribution in [0.3, 0.4) is 0 Å². The summed E-state index contributed by atoms with van der Waals surface area (Å²) in [5.41, 5.74) is 0. The molecule has 0 aromatic rings. The van der Waals surface area contributed by atoms with Crippen molar-refractivity contribution in [1.82, 2.24) is 21.3 Å². The van der Waals surface area contributed by atoms with Gasteiger partial charge in [0.15, 0.2) is 0 Å². The van der Waals surface area contributed by atoms with Crippen molar-refractivity contribution in [3.8, 4) is 0 Å². The largest absolute Gasteiger partial charge is 0.313 e. The Kier molecular flexibility index (Phi) is 7.82. The van der Waals surface area contributed by atoms with Gasteiger partial charge in [0.25, 0.3) is 0 Å². The number of hydrogen-bond acceptors (Lipinski definition) is 4. The van der Waals surface area contributed by atoms with Gasteiger partial charge < -0.3 is 21.3 Å². The Balaban J connectivity index is 2.36. The maximum absolute atomic E-state index is 3.59. The second-order valence-corrected chi connectivity index (χ2v) is 5.91. The van der Waals surface area contributed by atoms with E-state index in [1.54, 1.807) is 0 Å². The molecule has 4 N–H and O–H groups in total. The molecule has 0 spiro atoms. The van der Waals surface area contributed by atoms with Crippen molar-refractivity contribution in [1.29, 1.82) is 0 Å². The molecule has 1 fully saturated rings. The van der Waals surface area contributed by atoms with Crippen molar-refractivity contribution >= 4 is 0 Å². The highest BCUT2D eigenvalue weighted by atomic mass is 15.0. The van der Waals surface area contributed by atoms with Gasteiger partial charge in [0.1, 0.15) is 0 Å². The summed E-state index contributed by atoms with van der Waals surface area (Å²) in [5.74, 6) is 0. The van der Waals surface area contributed by atoms with E-state index in [4.69, 9.17) is 0 Å². The third kappa shape index (κ3) is 7.31. The van der Waals surface area contributed by atoms with Crippen LogP contribution in [0.1, 0.15) is 40.5 Å². The Hall–Kier alpha value is -0.160. The van der Waals surface area contributed by atoms with Gasteiger partial charge in [-0.1, -0.05) is 0 Å². The van der Waals surface area contributed by atoms with E-state index in [-0.39, 0.29) is 0 Å². The summed E-state index contributed by atoms with van der Waals surface area (Å²) in [7, 11) is 0. The van der Waals surface area contributed by atoms with Crippen LogP contribution in [0.25, 0.3) is 0 Å². The normalized spacial score (nSPS) is 38.0. The molecule has 0 amide bonds. The molecule has 0 aromatic heterocycles. The Morgan fingerprint density at radius 2 is 0.944 bits per heavy atom. The van der Waals surface area contributed by atoms with E-state index in [0.717, 1.165) is 26.2 Å². The van der Waals surface area contributed by atoms with Gasteiger partial charge in [0.2, 0.25) is 0 Å². The van der Waals surface area contributed by atoms with Crippen LogP contribution in [0.15, 0.2) is 0 Å². The van der Waals surface area contributed by atoms with Crippen molar-refractivity contribution in [2.24, 2.45) is 0 Å². The monoisotopic (exact) mass is 256 g/mol. The molecule has 1 aliphatic heterocycles. The standard InChI is InChI=1S/C14H32N4/c1-11-5-7-15-14(4)10-18-12(2)6-8-16-13(3)9-17-11/h11-18H,5-10H2,1-4H3/t11-,12+,13+,14-. The summed E-state index contributed by atoms with van der Waals surface area (Å²) in [6.45, 7) is 13.3. The minimum Gasteiger partial charge on any atom is -0.313 e. The molecule has 4 heteroatoms. The molecule has 0 aliphatic carbocycles. The first kappa shape index (κ1) is 15.9. The highest BCUT2D eigenvalue weighted by molar-refractivity contribution is 4.74. The summed E-state index contributed by atoms with van der Waals surface area (Å²) in [6.07, 6.45) is 2.37. The molecule has 18 heavy (non-hydrogen) atoms. The Morgan fingerprint density at radius 1 is 0.556 bits per heavy atom. The zero-order valence-electron chi connectivity index (χ0n) is 12.6. The molecule has 108 valence electrons. The molecule has 1 heterocycles. The van der Waals surface area contributed by atoms with Crippen molar-refractivity contribution in [3.05, 3.63) is 0 Å². The Labute approximate surface area is 113 Å². The van der Waals surface area contributed by atoms with Gasteiger partial charge in [-0.15, -0.1) is 0 Å². The topological polar surface area (TPSA) is 48.1 Å². The predicted octanol–water partition coefficient (Wildman–Crippen LogP) is 0.693. The van der Waals surface area contributed by atoms with Crippen molar-refractivity contribution < 1.29 is 0 Å². The van der Waals surface area contributed by atoms with E-state index in [9.17, 15) is 0 Å². The van der Waals surface area contributed by atoms with Crippen LogP contribution < -0.4 is 21.3 Å². The first-order valence-electron chi connectivity index (χ1n) is 7.51. The van der Waals surface area contributed by atoms with E-state index in [1.807, 2.05) is 0 Å². The van der Waals surface area contributed by atoms with Crippen LogP contribution in [0.4, 0.5) is 0 Å². The molecule has 0 radical (unpaired) electrons. The molecule has 0 unspecified atom stereocenters. The lowest BCUT2D eigenvalue weighted by Gasteiger charge is -2.24. The third-order valence-electron chi connectivity index (χ3n) is 3.69. The highest BCUT2D eigenvalue weighted by Crippen LogP contribution is 1.95. The number of rotatable bonds is 0. The van der Waals surface area contributed by atoms with Crippen LogP contribution in [-0.2, 0) is 0 Å². The minimum absolute atomic E-state index is 0.550. The Morgan fingerprint density at radius 3 is 1.33 bits per heavy atom. The van der Waals surface area contributed by atoms with E-state index < -0.39 is 0 Å². The average molecular weight is 256 g/mol. The molecular formula is C14H32N4.